The molecular formula is C11H23NOS. The summed E-state index contributed by atoms with van der Waals surface area (Å²) in [6.07, 6.45) is 3.38. The highest BCUT2D eigenvalue weighted by Gasteiger charge is 2.26. The normalized spacial score (nSPS) is 31.4. The molecule has 3 unspecified atom stereocenters. The second kappa shape index (κ2) is 7.16. The maximum Gasteiger partial charge on any atom is 0.217 e. The molecule has 1 saturated carbocycles. The van der Waals surface area contributed by atoms with Gasteiger partial charge in [-0.1, -0.05) is 20.8 Å². The fourth-order valence-corrected chi connectivity index (χ4v) is 2.14. The number of thiol groups is 1. The number of carbonyl (C=O) groups excluding carboxylic acids is 1. The second-order valence-corrected chi connectivity index (χ2v) is 4.48. The molecule has 0 radical (unpaired) electrons. The summed E-state index contributed by atoms with van der Waals surface area (Å²) in [6.45, 7) is 7.77. The molecule has 0 bridgehead atoms. The third-order valence-corrected chi connectivity index (χ3v) is 3.03. The minimum atomic E-state index is 0.0780. The van der Waals surface area contributed by atoms with Gasteiger partial charge in [0.2, 0.25) is 5.91 Å². The predicted octanol–water partition coefficient (Wildman–Crippen LogP) is 2.64. The molecule has 1 fully saturated rings. The van der Waals surface area contributed by atoms with Crippen LogP contribution in [0, 0.1) is 5.92 Å². The molecule has 2 nitrogen and oxygen atoms in total. The molecule has 1 aliphatic carbocycles. The predicted molar refractivity (Wildman–Crippen MR) is 64.7 cm³/mol. The van der Waals surface area contributed by atoms with E-state index >= 15 is 0 Å². The lowest BCUT2D eigenvalue weighted by Gasteiger charge is -2.32. The van der Waals surface area contributed by atoms with Crippen molar-refractivity contribution in [2.75, 3.05) is 0 Å². The first-order valence-corrected chi connectivity index (χ1v) is 6.06. The summed E-state index contributed by atoms with van der Waals surface area (Å²) in [5, 5.41) is 3.44. The Kier molecular flexibility index (Phi) is 7.06. The van der Waals surface area contributed by atoms with E-state index in [1.807, 2.05) is 13.8 Å². The highest BCUT2D eigenvalue weighted by Crippen LogP contribution is 2.27. The fraction of sp³-hybridized carbons (Fsp3) is 0.909. The fourth-order valence-electron chi connectivity index (χ4n) is 1.76. The highest BCUT2D eigenvalue weighted by atomic mass is 32.1. The first-order chi connectivity index (χ1) is 6.59. The van der Waals surface area contributed by atoms with Crippen molar-refractivity contribution in [2.24, 2.45) is 5.92 Å². The van der Waals surface area contributed by atoms with Crippen LogP contribution >= 0.6 is 12.6 Å². The third-order valence-electron chi connectivity index (χ3n) is 2.56. The average Bonchev–Trinajstić information content (AvgIpc) is 2.14. The Balaban J connectivity index is 0.000000791. The number of hydrogen-bond acceptors (Lipinski definition) is 2. The molecular weight excluding hydrogens is 194 g/mol. The van der Waals surface area contributed by atoms with Gasteiger partial charge in [0.05, 0.1) is 0 Å². The van der Waals surface area contributed by atoms with Crippen molar-refractivity contribution in [2.45, 2.75) is 58.2 Å². The molecule has 1 rings (SSSR count). The maximum atomic E-state index is 10.8. The van der Waals surface area contributed by atoms with Crippen LogP contribution in [0.3, 0.4) is 0 Å². The number of carbonyl (C=O) groups is 1. The van der Waals surface area contributed by atoms with Crippen LogP contribution in [0.1, 0.15) is 47.0 Å². The number of nitrogens with one attached hydrogen (secondary N) is 1. The van der Waals surface area contributed by atoms with Crippen molar-refractivity contribution in [1.29, 1.82) is 0 Å². The lowest BCUT2D eigenvalue weighted by molar-refractivity contribution is -0.120. The van der Waals surface area contributed by atoms with Gasteiger partial charge in [-0.3, -0.25) is 4.79 Å². The molecule has 0 aromatic rings. The van der Waals surface area contributed by atoms with E-state index in [1.54, 1.807) is 6.92 Å². The molecule has 0 aliphatic heterocycles. The zero-order valence-electron chi connectivity index (χ0n) is 9.71. The van der Waals surface area contributed by atoms with Gasteiger partial charge in [0.1, 0.15) is 0 Å². The lowest BCUT2D eigenvalue weighted by atomic mass is 9.85. The zero-order chi connectivity index (χ0) is 11.1. The smallest absolute Gasteiger partial charge is 0.217 e. The van der Waals surface area contributed by atoms with Crippen molar-refractivity contribution in [3.63, 3.8) is 0 Å². The molecule has 0 spiro atoms. The SMILES string of the molecule is CC.CC(=O)NC1CC(S)CCC1C. The van der Waals surface area contributed by atoms with Gasteiger partial charge in [0.15, 0.2) is 0 Å². The first kappa shape index (κ1) is 13.8. The molecule has 1 amide bonds. The minimum Gasteiger partial charge on any atom is -0.353 e. The van der Waals surface area contributed by atoms with Crippen LogP contribution in [0.5, 0.6) is 0 Å². The van der Waals surface area contributed by atoms with Crippen molar-refractivity contribution < 1.29 is 4.79 Å². The Morgan fingerprint density at radius 3 is 2.43 bits per heavy atom. The Morgan fingerprint density at radius 1 is 1.36 bits per heavy atom. The van der Waals surface area contributed by atoms with E-state index in [2.05, 4.69) is 24.9 Å². The van der Waals surface area contributed by atoms with Gasteiger partial charge < -0.3 is 5.32 Å². The summed E-state index contributed by atoms with van der Waals surface area (Å²) >= 11 is 4.43. The molecule has 0 aromatic carbocycles. The summed E-state index contributed by atoms with van der Waals surface area (Å²) in [5.74, 6) is 0.687. The largest absolute Gasteiger partial charge is 0.353 e. The van der Waals surface area contributed by atoms with E-state index in [-0.39, 0.29) is 5.91 Å². The van der Waals surface area contributed by atoms with Crippen molar-refractivity contribution in [3.8, 4) is 0 Å². The van der Waals surface area contributed by atoms with Crippen LogP contribution in [-0.2, 0) is 4.79 Å². The van der Waals surface area contributed by atoms with Crippen LogP contribution < -0.4 is 5.32 Å². The molecule has 1 aliphatic rings. The monoisotopic (exact) mass is 217 g/mol. The average molecular weight is 217 g/mol. The summed E-state index contributed by atoms with van der Waals surface area (Å²) in [6, 6.07) is 0.346. The maximum absolute atomic E-state index is 10.8. The van der Waals surface area contributed by atoms with Crippen LogP contribution in [0.15, 0.2) is 0 Å². The number of hydrogen-bond donors (Lipinski definition) is 2. The van der Waals surface area contributed by atoms with E-state index in [0.717, 1.165) is 6.42 Å². The molecule has 3 heteroatoms. The summed E-state index contributed by atoms with van der Waals surface area (Å²) < 4.78 is 0. The number of amides is 1. The first-order valence-electron chi connectivity index (χ1n) is 5.54. The van der Waals surface area contributed by atoms with E-state index in [1.165, 1.54) is 12.8 Å². The van der Waals surface area contributed by atoms with Crippen LogP contribution in [0.4, 0.5) is 0 Å². The summed E-state index contributed by atoms with van der Waals surface area (Å²) in [5.41, 5.74) is 0. The van der Waals surface area contributed by atoms with Gasteiger partial charge in [-0.05, 0) is 25.2 Å². The molecule has 0 aromatic heterocycles. The van der Waals surface area contributed by atoms with Gasteiger partial charge in [0, 0.05) is 18.2 Å². The Labute approximate surface area is 93.3 Å². The van der Waals surface area contributed by atoms with Crippen molar-refractivity contribution in [1.82, 2.24) is 5.32 Å². The Bertz CT molecular complexity index is 173. The van der Waals surface area contributed by atoms with Crippen molar-refractivity contribution >= 4 is 18.5 Å². The van der Waals surface area contributed by atoms with Gasteiger partial charge in [-0.2, -0.15) is 12.6 Å². The Hall–Kier alpha value is -0.180. The minimum absolute atomic E-state index is 0.0780. The summed E-state index contributed by atoms with van der Waals surface area (Å²) in [4.78, 5) is 10.8. The van der Waals surface area contributed by atoms with Gasteiger partial charge in [0.25, 0.3) is 0 Å². The van der Waals surface area contributed by atoms with Gasteiger partial charge in [-0.25, -0.2) is 0 Å². The zero-order valence-corrected chi connectivity index (χ0v) is 10.6. The van der Waals surface area contributed by atoms with E-state index in [9.17, 15) is 4.79 Å². The molecule has 14 heavy (non-hydrogen) atoms. The topological polar surface area (TPSA) is 29.1 Å². The molecule has 84 valence electrons. The van der Waals surface area contributed by atoms with Gasteiger partial charge >= 0.3 is 0 Å². The van der Waals surface area contributed by atoms with E-state index in [0.29, 0.717) is 17.2 Å². The third kappa shape index (κ3) is 4.89. The standard InChI is InChI=1S/C9H17NOS.C2H6/c1-6-3-4-8(12)5-9(6)10-7(2)11;1-2/h6,8-9,12H,3-5H2,1-2H3,(H,10,11);1-2H3. The van der Waals surface area contributed by atoms with E-state index < -0.39 is 0 Å². The van der Waals surface area contributed by atoms with Crippen LogP contribution in [0.25, 0.3) is 0 Å². The second-order valence-electron chi connectivity index (χ2n) is 3.75. The lowest BCUT2D eigenvalue weighted by Crippen LogP contribution is -2.42. The molecule has 1 N–H and O–H groups in total. The highest BCUT2D eigenvalue weighted by molar-refractivity contribution is 7.80. The van der Waals surface area contributed by atoms with E-state index in [4.69, 9.17) is 0 Å². The quantitative estimate of drug-likeness (QED) is 0.650. The molecule has 0 heterocycles. The summed E-state index contributed by atoms with van der Waals surface area (Å²) in [7, 11) is 0. The van der Waals surface area contributed by atoms with Gasteiger partial charge in [-0.15, -0.1) is 0 Å². The van der Waals surface area contributed by atoms with Crippen LogP contribution in [0.2, 0.25) is 0 Å². The molecule has 0 saturated heterocycles. The Morgan fingerprint density at radius 2 is 1.93 bits per heavy atom. The molecule has 3 atom stereocenters. The van der Waals surface area contributed by atoms with Crippen molar-refractivity contribution in [3.05, 3.63) is 0 Å². The number of rotatable bonds is 1. The van der Waals surface area contributed by atoms with Crippen LogP contribution in [-0.4, -0.2) is 17.2 Å².